The van der Waals surface area contributed by atoms with E-state index in [1.54, 1.807) is 33.0 Å². The van der Waals surface area contributed by atoms with Gasteiger partial charge in [-0.05, 0) is 68.5 Å². The highest BCUT2D eigenvalue weighted by Gasteiger charge is 2.41. The Labute approximate surface area is 273 Å². The molecule has 0 bridgehead atoms. The fraction of sp³-hybridized carbons (Fsp3) is 0.629. The van der Waals surface area contributed by atoms with Crippen LogP contribution in [0, 0.1) is 0 Å². The van der Waals surface area contributed by atoms with Crippen LogP contribution < -0.4 is 20.1 Å². The predicted molar refractivity (Wildman–Crippen MR) is 177 cm³/mol. The average molecular weight is 644 g/mol. The maximum atomic E-state index is 13.1. The maximum absolute atomic E-state index is 13.1. The Morgan fingerprint density at radius 1 is 0.978 bits per heavy atom. The van der Waals surface area contributed by atoms with Crippen LogP contribution in [-0.2, 0) is 30.3 Å². The average Bonchev–Trinajstić information content (AvgIpc) is 3.06. The minimum absolute atomic E-state index is 0.139. The lowest BCUT2D eigenvalue weighted by Crippen LogP contribution is -2.57. The van der Waals surface area contributed by atoms with Crippen LogP contribution in [0.15, 0.2) is 42.5 Å². The van der Waals surface area contributed by atoms with E-state index in [2.05, 4.69) is 11.0 Å². The normalized spacial score (nSPS) is 21.0. The Kier molecular flexibility index (Phi) is 14.4. The Morgan fingerprint density at radius 3 is 2.37 bits per heavy atom. The molecule has 1 saturated heterocycles. The third-order valence-corrected chi connectivity index (χ3v) is 8.35. The number of aliphatic hydroxyl groups excluding tert-OH is 1. The van der Waals surface area contributed by atoms with Gasteiger partial charge < -0.3 is 49.1 Å². The van der Waals surface area contributed by atoms with Crippen LogP contribution in [-0.4, -0.2) is 114 Å². The van der Waals surface area contributed by atoms with Crippen molar-refractivity contribution in [2.24, 2.45) is 5.73 Å². The molecule has 2 aromatic rings. The van der Waals surface area contributed by atoms with E-state index < -0.39 is 18.2 Å². The topological polar surface area (TPSA) is 125 Å². The molecule has 256 valence electrons. The highest BCUT2D eigenvalue weighted by Crippen LogP contribution is 2.36. The zero-order valence-corrected chi connectivity index (χ0v) is 27.9. The number of hydrogen-bond acceptors (Lipinski definition) is 10. The zero-order valence-electron chi connectivity index (χ0n) is 27.9. The number of unbranched alkanes of at least 4 members (excludes halogenated alkanes) is 1. The molecule has 1 fully saturated rings. The van der Waals surface area contributed by atoms with E-state index >= 15 is 0 Å². The van der Waals surface area contributed by atoms with E-state index in [9.17, 15) is 9.90 Å². The van der Waals surface area contributed by atoms with Crippen molar-refractivity contribution in [1.29, 1.82) is 0 Å². The van der Waals surface area contributed by atoms with Gasteiger partial charge in [0.1, 0.15) is 18.1 Å². The van der Waals surface area contributed by atoms with Gasteiger partial charge in [0.05, 0.1) is 56.4 Å². The number of hydrogen-bond donors (Lipinski definition) is 2. The number of nitrogens with two attached hydrogens (primary N) is 1. The van der Waals surface area contributed by atoms with E-state index in [-0.39, 0.29) is 24.5 Å². The molecule has 0 spiro atoms. The first kappa shape index (κ1) is 35.9. The van der Waals surface area contributed by atoms with Crippen molar-refractivity contribution in [3.63, 3.8) is 0 Å². The van der Waals surface area contributed by atoms with Gasteiger partial charge >= 0.3 is 0 Å². The Balaban J connectivity index is 1.55. The summed E-state index contributed by atoms with van der Waals surface area (Å²) >= 11 is 0. The lowest BCUT2D eigenvalue weighted by Gasteiger charge is -2.44. The molecule has 11 heteroatoms. The first-order valence-electron chi connectivity index (χ1n) is 16.5. The van der Waals surface area contributed by atoms with E-state index in [1.165, 1.54) is 0 Å². The van der Waals surface area contributed by atoms with Gasteiger partial charge in [0.15, 0.2) is 0 Å². The second kappa shape index (κ2) is 18.4. The van der Waals surface area contributed by atoms with Gasteiger partial charge in [0, 0.05) is 53.0 Å². The minimum Gasteiger partial charge on any atom is -0.494 e. The molecule has 0 aromatic heterocycles. The van der Waals surface area contributed by atoms with Gasteiger partial charge in [-0.25, -0.2) is 0 Å². The van der Waals surface area contributed by atoms with E-state index in [4.69, 9.17) is 34.2 Å². The smallest absolute Gasteiger partial charge is 0.239 e. The largest absolute Gasteiger partial charge is 0.494 e. The Bertz CT molecular complexity index is 1190. The number of rotatable bonds is 18. The molecule has 2 heterocycles. The van der Waals surface area contributed by atoms with Crippen LogP contribution in [0.4, 0.5) is 5.69 Å². The van der Waals surface area contributed by atoms with Crippen molar-refractivity contribution in [1.82, 2.24) is 4.90 Å². The predicted octanol–water partition coefficient (Wildman–Crippen LogP) is 3.35. The minimum atomic E-state index is -0.655. The monoisotopic (exact) mass is 643 g/mol. The van der Waals surface area contributed by atoms with Gasteiger partial charge in [0.2, 0.25) is 5.91 Å². The number of aliphatic hydroxyl groups is 1. The molecule has 46 heavy (non-hydrogen) atoms. The summed E-state index contributed by atoms with van der Waals surface area (Å²) in [6.07, 6.45) is 1.32. The van der Waals surface area contributed by atoms with E-state index in [0.29, 0.717) is 46.1 Å². The highest BCUT2D eigenvalue weighted by atomic mass is 16.5. The second-order valence-electron chi connectivity index (χ2n) is 12.2. The molecule has 0 radical (unpaired) electrons. The Hall–Kier alpha value is -2.93. The van der Waals surface area contributed by atoms with Gasteiger partial charge in [-0.1, -0.05) is 18.2 Å². The molecular formula is C35H53N3O8. The number of methoxy groups -OCH3 is 2. The first-order chi connectivity index (χ1) is 22.3. The van der Waals surface area contributed by atoms with Crippen LogP contribution in [0.2, 0.25) is 0 Å². The molecule has 2 aromatic carbocycles. The SMILES string of the molecule is COCCCCOc1ccc([C@@H]2[C@@H](OCc3ccc4c(c3)N(CCCOC)CCO4)CN(C(=O)C(C)N)C[C@H]2OCC(C)O)cc1. The molecule has 11 nitrogen and oxygen atoms in total. The van der Waals surface area contributed by atoms with E-state index in [0.717, 1.165) is 60.7 Å². The molecule has 0 aliphatic carbocycles. The number of carbonyl (C=O) groups is 1. The molecule has 2 aliphatic rings. The standard InChI is InChI=1S/C35H53N3O8/c1-25(39)23-45-32-21-38(35(40)26(2)36)22-33(34(32)28-9-11-29(12-10-28)43-18-6-5-16-41-3)46-24-27-8-13-31-30(20-27)37(15-19-44-31)14-7-17-42-4/h8-13,20,25-26,32-34,39H,5-7,14-19,21-24,36H2,1-4H3/t25?,26?,32-,33+,34+/m1/s1. The summed E-state index contributed by atoms with van der Waals surface area (Å²) < 4.78 is 35.2. The summed E-state index contributed by atoms with van der Waals surface area (Å²) in [4.78, 5) is 17.2. The number of piperidine rings is 1. The summed E-state index contributed by atoms with van der Waals surface area (Å²) in [6.45, 7) is 8.95. The van der Waals surface area contributed by atoms with Crippen LogP contribution in [0.25, 0.3) is 0 Å². The van der Waals surface area contributed by atoms with Crippen molar-refractivity contribution in [3.8, 4) is 11.5 Å². The lowest BCUT2D eigenvalue weighted by molar-refractivity contribution is -0.148. The molecule has 2 unspecified atom stereocenters. The van der Waals surface area contributed by atoms with Crippen LogP contribution in [0.1, 0.15) is 50.2 Å². The molecule has 1 amide bonds. The summed E-state index contributed by atoms with van der Waals surface area (Å²) in [6, 6.07) is 13.5. The third-order valence-electron chi connectivity index (χ3n) is 8.35. The Morgan fingerprint density at radius 2 is 1.67 bits per heavy atom. The van der Waals surface area contributed by atoms with Crippen molar-refractivity contribution in [2.45, 2.75) is 70.0 Å². The number of ether oxygens (including phenoxy) is 6. The van der Waals surface area contributed by atoms with Crippen LogP contribution in [0.5, 0.6) is 11.5 Å². The first-order valence-corrected chi connectivity index (χ1v) is 16.5. The number of fused-ring (bicyclic) bond motifs is 1. The molecule has 3 N–H and O–H groups in total. The molecule has 5 atom stereocenters. The number of nitrogens with zero attached hydrogens (tertiary/aromatic N) is 2. The summed E-state index contributed by atoms with van der Waals surface area (Å²) in [5, 5.41) is 10.1. The molecule has 4 rings (SSSR count). The fourth-order valence-corrected chi connectivity index (χ4v) is 6.02. The molecular weight excluding hydrogens is 590 g/mol. The van der Waals surface area contributed by atoms with Crippen LogP contribution in [0.3, 0.4) is 0 Å². The number of carbonyl (C=O) groups excluding carboxylic acids is 1. The number of amides is 1. The van der Waals surface area contributed by atoms with Gasteiger partial charge in [-0.2, -0.15) is 0 Å². The van der Waals surface area contributed by atoms with Crippen molar-refractivity contribution >= 4 is 11.6 Å². The highest BCUT2D eigenvalue weighted by molar-refractivity contribution is 5.81. The van der Waals surface area contributed by atoms with Crippen LogP contribution >= 0.6 is 0 Å². The van der Waals surface area contributed by atoms with Crippen molar-refractivity contribution in [3.05, 3.63) is 53.6 Å². The second-order valence-corrected chi connectivity index (χ2v) is 12.2. The zero-order chi connectivity index (χ0) is 32.9. The number of likely N-dealkylation sites (tertiary alicyclic amines) is 1. The third kappa shape index (κ3) is 10.3. The summed E-state index contributed by atoms with van der Waals surface area (Å²) in [5.41, 5.74) is 9.11. The van der Waals surface area contributed by atoms with Gasteiger partial charge in [-0.3, -0.25) is 4.79 Å². The molecule has 2 aliphatic heterocycles. The lowest BCUT2D eigenvalue weighted by atomic mass is 9.84. The number of benzene rings is 2. The quantitative estimate of drug-likeness (QED) is 0.234. The van der Waals surface area contributed by atoms with Gasteiger partial charge in [-0.15, -0.1) is 0 Å². The van der Waals surface area contributed by atoms with Gasteiger partial charge in [0.25, 0.3) is 0 Å². The summed E-state index contributed by atoms with van der Waals surface area (Å²) in [5.74, 6) is 1.30. The molecule has 0 saturated carbocycles. The fourth-order valence-electron chi connectivity index (χ4n) is 6.02. The number of anilines is 1. The van der Waals surface area contributed by atoms with Crippen molar-refractivity contribution < 1.29 is 38.3 Å². The van der Waals surface area contributed by atoms with E-state index in [1.807, 2.05) is 36.4 Å². The summed E-state index contributed by atoms with van der Waals surface area (Å²) in [7, 11) is 3.42. The maximum Gasteiger partial charge on any atom is 0.239 e. The van der Waals surface area contributed by atoms with Crippen molar-refractivity contribution in [2.75, 3.05) is 78.3 Å².